The number of carboxylic acid groups (broad SMARTS) is 1. The average molecular weight is 324 g/mol. The fourth-order valence-corrected chi connectivity index (χ4v) is 2.20. The van der Waals surface area contributed by atoms with Gasteiger partial charge in [-0.1, -0.05) is 18.2 Å². The molecule has 0 aliphatic rings. The number of hydrogen-bond donors (Lipinski definition) is 2. The van der Waals surface area contributed by atoms with Crippen LogP contribution in [0, 0.1) is 5.82 Å². The summed E-state index contributed by atoms with van der Waals surface area (Å²) in [5.74, 6) is -1.29. The molecular formula is C14H11BrFNO2. The van der Waals surface area contributed by atoms with Gasteiger partial charge < -0.3 is 10.4 Å². The Hall–Kier alpha value is -1.88. The van der Waals surface area contributed by atoms with E-state index in [9.17, 15) is 9.18 Å². The standard InChI is InChI=1S/C14H11BrFNO2/c15-12-7-10(16)5-6-13(12)17-8-9-3-1-2-4-11(9)14(18)19/h1-7,17H,8H2,(H,18,19). The third-order valence-corrected chi connectivity index (χ3v) is 3.30. The van der Waals surface area contributed by atoms with Gasteiger partial charge in [-0.3, -0.25) is 0 Å². The van der Waals surface area contributed by atoms with Crippen molar-refractivity contribution < 1.29 is 14.3 Å². The topological polar surface area (TPSA) is 49.3 Å². The molecule has 0 fully saturated rings. The largest absolute Gasteiger partial charge is 0.478 e. The van der Waals surface area contributed by atoms with Gasteiger partial charge in [0, 0.05) is 16.7 Å². The van der Waals surface area contributed by atoms with Crippen LogP contribution in [-0.4, -0.2) is 11.1 Å². The number of nitrogens with one attached hydrogen (secondary N) is 1. The van der Waals surface area contributed by atoms with E-state index in [1.54, 1.807) is 30.3 Å². The first-order valence-corrected chi connectivity index (χ1v) is 6.37. The average Bonchev–Trinajstić information content (AvgIpc) is 2.38. The molecule has 0 atom stereocenters. The van der Waals surface area contributed by atoms with Crippen molar-refractivity contribution in [3.8, 4) is 0 Å². The maximum Gasteiger partial charge on any atom is 0.336 e. The van der Waals surface area contributed by atoms with Crippen LogP contribution in [0.2, 0.25) is 0 Å². The Kier molecular flexibility index (Phi) is 4.16. The smallest absolute Gasteiger partial charge is 0.336 e. The summed E-state index contributed by atoms with van der Waals surface area (Å²) < 4.78 is 13.5. The van der Waals surface area contributed by atoms with Crippen LogP contribution in [0.3, 0.4) is 0 Å². The van der Waals surface area contributed by atoms with E-state index in [4.69, 9.17) is 5.11 Å². The van der Waals surface area contributed by atoms with Gasteiger partial charge >= 0.3 is 5.97 Å². The molecule has 0 aliphatic carbocycles. The number of rotatable bonds is 4. The Labute approximate surface area is 118 Å². The number of halogens is 2. The van der Waals surface area contributed by atoms with Crippen LogP contribution >= 0.6 is 15.9 Å². The zero-order chi connectivity index (χ0) is 13.8. The molecule has 0 saturated carbocycles. The lowest BCUT2D eigenvalue weighted by Crippen LogP contribution is -2.07. The number of aromatic carboxylic acids is 1. The summed E-state index contributed by atoms with van der Waals surface area (Å²) in [7, 11) is 0. The van der Waals surface area contributed by atoms with Crippen molar-refractivity contribution in [2.45, 2.75) is 6.54 Å². The zero-order valence-electron chi connectivity index (χ0n) is 9.86. The summed E-state index contributed by atoms with van der Waals surface area (Å²) in [6.45, 7) is 0.354. The number of anilines is 1. The van der Waals surface area contributed by atoms with Crippen LogP contribution in [-0.2, 0) is 6.54 Å². The minimum absolute atomic E-state index is 0.258. The van der Waals surface area contributed by atoms with Gasteiger partial charge in [0.25, 0.3) is 0 Å². The molecule has 0 unspecified atom stereocenters. The van der Waals surface area contributed by atoms with Crippen molar-refractivity contribution in [1.29, 1.82) is 0 Å². The molecule has 0 spiro atoms. The minimum Gasteiger partial charge on any atom is -0.478 e. The zero-order valence-corrected chi connectivity index (χ0v) is 11.4. The van der Waals surface area contributed by atoms with Crippen LogP contribution in [0.4, 0.5) is 10.1 Å². The predicted molar refractivity (Wildman–Crippen MR) is 74.8 cm³/mol. The highest BCUT2D eigenvalue weighted by Gasteiger charge is 2.09. The molecule has 98 valence electrons. The number of carboxylic acids is 1. The highest BCUT2D eigenvalue weighted by molar-refractivity contribution is 9.10. The van der Waals surface area contributed by atoms with Crippen LogP contribution in [0.15, 0.2) is 46.9 Å². The lowest BCUT2D eigenvalue weighted by molar-refractivity contribution is 0.0696. The van der Waals surface area contributed by atoms with E-state index in [1.807, 2.05) is 0 Å². The van der Waals surface area contributed by atoms with E-state index in [1.165, 1.54) is 12.1 Å². The molecule has 0 heterocycles. The molecule has 0 amide bonds. The van der Waals surface area contributed by atoms with Gasteiger partial charge in [-0.05, 0) is 45.8 Å². The van der Waals surface area contributed by atoms with Gasteiger partial charge in [0.1, 0.15) is 5.82 Å². The van der Waals surface area contributed by atoms with E-state index < -0.39 is 5.97 Å². The monoisotopic (exact) mass is 323 g/mol. The van der Waals surface area contributed by atoms with E-state index in [2.05, 4.69) is 21.2 Å². The lowest BCUT2D eigenvalue weighted by Gasteiger charge is -2.10. The molecule has 5 heteroatoms. The quantitative estimate of drug-likeness (QED) is 0.897. The van der Waals surface area contributed by atoms with E-state index in [0.717, 1.165) is 0 Å². The molecule has 0 radical (unpaired) electrons. The third-order valence-electron chi connectivity index (χ3n) is 2.65. The maximum absolute atomic E-state index is 12.9. The van der Waals surface area contributed by atoms with Crippen molar-refractivity contribution in [3.63, 3.8) is 0 Å². The van der Waals surface area contributed by atoms with Crippen LogP contribution < -0.4 is 5.32 Å². The van der Waals surface area contributed by atoms with Crippen LogP contribution in [0.5, 0.6) is 0 Å². The number of hydrogen-bond acceptors (Lipinski definition) is 2. The third kappa shape index (κ3) is 3.32. The summed E-state index contributed by atoms with van der Waals surface area (Å²) in [4.78, 5) is 11.1. The second kappa shape index (κ2) is 5.84. The SMILES string of the molecule is O=C(O)c1ccccc1CNc1ccc(F)cc1Br. The molecule has 0 aromatic heterocycles. The Morgan fingerprint density at radius 1 is 1.26 bits per heavy atom. The Morgan fingerprint density at radius 3 is 2.68 bits per heavy atom. The van der Waals surface area contributed by atoms with Crippen molar-refractivity contribution in [2.24, 2.45) is 0 Å². The highest BCUT2D eigenvalue weighted by atomic mass is 79.9. The van der Waals surface area contributed by atoms with Crippen LogP contribution in [0.25, 0.3) is 0 Å². The second-order valence-electron chi connectivity index (χ2n) is 3.94. The summed E-state index contributed by atoms with van der Waals surface area (Å²) in [6.07, 6.45) is 0. The van der Waals surface area contributed by atoms with E-state index >= 15 is 0 Å². The molecule has 2 N–H and O–H groups in total. The van der Waals surface area contributed by atoms with Crippen LogP contribution in [0.1, 0.15) is 15.9 Å². The molecule has 2 rings (SSSR count). The molecule has 2 aromatic carbocycles. The van der Waals surface area contributed by atoms with Crippen molar-refractivity contribution in [1.82, 2.24) is 0 Å². The molecule has 0 aliphatic heterocycles. The number of benzene rings is 2. The van der Waals surface area contributed by atoms with Gasteiger partial charge in [-0.15, -0.1) is 0 Å². The summed E-state index contributed by atoms with van der Waals surface area (Å²) in [5.41, 5.74) is 1.64. The fourth-order valence-electron chi connectivity index (χ4n) is 1.71. The first-order chi connectivity index (χ1) is 9.08. The summed E-state index contributed by atoms with van der Waals surface area (Å²) >= 11 is 3.25. The Bertz CT molecular complexity index is 616. The molecule has 19 heavy (non-hydrogen) atoms. The van der Waals surface area contributed by atoms with Gasteiger partial charge in [0.05, 0.1) is 5.56 Å². The molecule has 0 bridgehead atoms. The second-order valence-corrected chi connectivity index (χ2v) is 4.79. The van der Waals surface area contributed by atoms with Gasteiger partial charge in [-0.25, -0.2) is 9.18 Å². The Balaban J connectivity index is 2.17. The maximum atomic E-state index is 12.9. The summed E-state index contributed by atoms with van der Waals surface area (Å²) in [6, 6.07) is 11.1. The Morgan fingerprint density at radius 2 is 2.00 bits per heavy atom. The van der Waals surface area contributed by atoms with Gasteiger partial charge in [0.15, 0.2) is 0 Å². The first-order valence-electron chi connectivity index (χ1n) is 5.58. The predicted octanol–water partition coefficient (Wildman–Crippen LogP) is 3.90. The van der Waals surface area contributed by atoms with E-state index in [0.29, 0.717) is 22.3 Å². The van der Waals surface area contributed by atoms with Gasteiger partial charge in [-0.2, -0.15) is 0 Å². The van der Waals surface area contributed by atoms with E-state index in [-0.39, 0.29) is 11.4 Å². The highest BCUT2D eigenvalue weighted by Crippen LogP contribution is 2.24. The number of carbonyl (C=O) groups is 1. The molecule has 0 saturated heterocycles. The van der Waals surface area contributed by atoms with Crippen molar-refractivity contribution in [2.75, 3.05) is 5.32 Å². The molecule has 2 aromatic rings. The van der Waals surface area contributed by atoms with Crippen molar-refractivity contribution in [3.05, 3.63) is 63.9 Å². The lowest BCUT2D eigenvalue weighted by atomic mass is 10.1. The molecule has 3 nitrogen and oxygen atoms in total. The summed E-state index contributed by atoms with van der Waals surface area (Å²) in [5, 5.41) is 12.1. The fraction of sp³-hybridized carbons (Fsp3) is 0.0714. The van der Waals surface area contributed by atoms with Gasteiger partial charge in [0.2, 0.25) is 0 Å². The first kappa shape index (κ1) is 13.5. The minimum atomic E-state index is -0.962. The normalized spacial score (nSPS) is 10.2. The molecular weight excluding hydrogens is 313 g/mol. The van der Waals surface area contributed by atoms with Crippen molar-refractivity contribution >= 4 is 27.6 Å².